The normalized spacial score (nSPS) is 13.4. The number of carbonyl (C=O) groups is 2. The smallest absolute Gasteiger partial charge is 0.242 e. The van der Waals surface area contributed by atoms with Gasteiger partial charge in [0, 0.05) is 19.5 Å². The average Bonchev–Trinajstić information content (AvgIpc) is 2.76. The Hall–Kier alpha value is -3.02. The fourth-order valence-electron chi connectivity index (χ4n) is 3.51. The van der Waals surface area contributed by atoms with E-state index in [1.165, 1.54) is 0 Å². The van der Waals surface area contributed by atoms with Gasteiger partial charge in [0.1, 0.15) is 19.3 Å². The standard InChI is InChI=1S/C24H30N2O4/c1-4-25-24(28)18(3)26(16-20-8-6-5-7-17(20)2)23(27)12-10-19-9-11-21-22(15-19)30-14-13-29-21/h5-9,11,15,18H,4,10,12-14,16H2,1-3H3,(H,25,28)/t18-/m0/s1. The molecule has 0 radical (unpaired) electrons. The van der Waals surface area contributed by atoms with Crippen LogP contribution in [0, 0.1) is 6.92 Å². The van der Waals surface area contributed by atoms with E-state index in [0.29, 0.717) is 39.1 Å². The van der Waals surface area contributed by atoms with Crippen molar-refractivity contribution in [1.29, 1.82) is 0 Å². The van der Waals surface area contributed by atoms with Gasteiger partial charge >= 0.3 is 0 Å². The lowest BCUT2D eigenvalue weighted by Crippen LogP contribution is -2.47. The number of hydrogen-bond acceptors (Lipinski definition) is 4. The van der Waals surface area contributed by atoms with Gasteiger partial charge in [-0.25, -0.2) is 0 Å². The highest BCUT2D eigenvalue weighted by Crippen LogP contribution is 2.31. The van der Waals surface area contributed by atoms with Crippen LogP contribution in [0.1, 0.15) is 37.0 Å². The lowest BCUT2D eigenvalue weighted by Gasteiger charge is -2.29. The molecule has 0 aromatic heterocycles. The molecule has 6 nitrogen and oxygen atoms in total. The summed E-state index contributed by atoms with van der Waals surface area (Å²) >= 11 is 0. The molecule has 160 valence electrons. The Labute approximate surface area is 178 Å². The van der Waals surface area contributed by atoms with Crippen molar-refractivity contribution in [2.45, 2.75) is 46.2 Å². The number of rotatable bonds is 8. The summed E-state index contributed by atoms with van der Waals surface area (Å²) in [6.45, 7) is 7.70. The summed E-state index contributed by atoms with van der Waals surface area (Å²) in [6.07, 6.45) is 0.886. The van der Waals surface area contributed by atoms with Crippen molar-refractivity contribution in [2.75, 3.05) is 19.8 Å². The predicted molar refractivity (Wildman–Crippen MR) is 116 cm³/mol. The van der Waals surface area contributed by atoms with Gasteiger partial charge in [0.2, 0.25) is 11.8 Å². The van der Waals surface area contributed by atoms with Gasteiger partial charge in [0.15, 0.2) is 11.5 Å². The van der Waals surface area contributed by atoms with Crippen LogP contribution in [0.3, 0.4) is 0 Å². The molecule has 1 heterocycles. The minimum absolute atomic E-state index is 0.0492. The zero-order valence-corrected chi connectivity index (χ0v) is 17.9. The number of nitrogens with zero attached hydrogens (tertiary/aromatic N) is 1. The summed E-state index contributed by atoms with van der Waals surface area (Å²) in [6, 6.07) is 13.2. The van der Waals surface area contributed by atoms with E-state index in [4.69, 9.17) is 9.47 Å². The van der Waals surface area contributed by atoms with E-state index in [0.717, 1.165) is 28.2 Å². The minimum atomic E-state index is -0.544. The lowest BCUT2D eigenvalue weighted by atomic mass is 10.0. The van der Waals surface area contributed by atoms with E-state index in [2.05, 4.69) is 5.32 Å². The zero-order chi connectivity index (χ0) is 21.5. The van der Waals surface area contributed by atoms with Gasteiger partial charge in [0.05, 0.1) is 0 Å². The third-order valence-electron chi connectivity index (χ3n) is 5.35. The van der Waals surface area contributed by atoms with Crippen LogP contribution in [0.15, 0.2) is 42.5 Å². The molecular formula is C24H30N2O4. The van der Waals surface area contributed by atoms with Gasteiger partial charge in [-0.1, -0.05) is 30.3 Å². The molecule has 2 aromatic carbocycles. The summed E-state index contributed by atoms with van der Waals surface area (Å²) in [7, 11) is 0. The molecule has 1 atom stereocenters. The van der Waals surface area contributed by atoms with Crippen LogP contribution in [0.5, 0.6) is 11.5 Å². The van der Waals surface area contributed by atoms with E-state index in [1.54, 1.807) is 11.8 Å². The van der Waals surface area contributed by atoms with Crippen molar-refractivity contribution in [2.24, 2.45) is 0 Å². The fourth-order valence-corrected chi connectivity index (χ4v) is 3.51. The molecular weight excluding hydrogens is 380 g/mol. The Kier molecular flexibility index (Phi) is 7.33. The highest BCUT2D eigenvalue weighted by Gasteiger charge is 2.26. The summed E-state index contributed by atoms with van der Waals surface area (Å²) in [5, 5.41) is 2.83. The number of hydrogen-bond donors (Lipinski definition) is 1. The topological polar surface area (TPSA) is 67.9 Å². The lowest BCUT2D eigenvalue weighted by molar-refractivity contribution is -0.140. The van der Waals surface area contributed by atoms with Crippen molar-refractivity contribution in [1.82, 2.24) is 10.2 Å². The maximum absolute atomic E-state index is 13.2. The van der Waals surface area contributed by atoms with Crippen LogP contribution >= 0.6 is 0 Å². The number of likely N-dealkylation sites (N-methyl/N-ethyl adjacent to an activating group) is 1. The Morgan fingerprint density at radius 1 is 1.10 bits per heavy atom. The number of benzene rings is 2. The first-order chi connectivity index (χ1) is 14.5. The minimum Gasteiger partial charge on any atom is -0.486 e. The molecule has 0 fully saturated rings. The van der Waals surface area contributed by atoms with Gasteiger partial charge < -0.3 is 19.7 Å². The fraction of sp³-hybridized carbons (Fsp3) is 0.417. The van der Waals surface area contributed by atoms with E-state index in [-0.39, 0.29) is 11.8 Å². The Balaban J connectivity index is 1.72. The molecule has 2 amide bonds. The number of carbonyl (C=O) groups excluding carboxylic acids is 2. The molecule has 1 aliphatic rings. The third-order valence-corrected chi connectivity index (χ3v) is 5.35. The first-order valence-corrected chi connectivity index (χ1v) is 10.5. The summed E-state index contributed by atoms with van der Waals surface area (Å²) < 4.78 is 11.2. The molecule has 0 aliphatic carbocycles. The zero-order valence-electron chi connectivity index (χ0n) is 17.9. The van der Waals surface area contributed by atoms with Gasteiger partial charge in [-0.05, 0) is 56.0 Å². The Morgan fingerprint density at radius 3 is 2.57 bits per heavy atom. The Bertz CT molecular complexity index is 897. The van der Waals surface area contributed by atoms with E-state index in [1.807, 2.05) is 56.3 Å². The largest absolute Gasteiger partial charge is 0.486 e. The van der Waals surface area contributed by atoms with Crippen LogP contribution in [-0.4, -0.2) is 42.5 Å². The van der Waals surface area contributed by atoms with Crippen LogP contribution in [0.2, 0.25) is 0 Å². The highest BCUT2D eigenvalue weighted by atomic mass is 16.6. The second-order valence-electron chi connectivity index (χ2n) is 7.50. The number of aryl methyl sites for hydroxylation is 2. The molecule has 30 heavy (non-hydrogen) atoms. The van der Waals surface area contributed by atoms with Crippen molar-refractivity contribution in [3.8, 4) is 11.5 Å². The van der Waals surface area contributed by atoms with Crippen molar-refractivity contribution < 1.29 is 19.1 Å². The second kappa shape index (κ2) is 10.1. The van der Waals surface area contributed by atoms with Crippen LogP contribution in [0.25, 0.3) is 0 Å². The Morgan fingerprint density at radius 2 is 1.83 bits per heavy atom. The molecule has 6 heteroatoms. The summed E-state index contributed by atoms with van der Waals surface area (Å²) in [4.78, 5) is 27.3. The number of ether oxygens (including phenoxy) is 2. The summed E-state index contributed by atoms with van der Waals surface area (Å²) in [5.41, 5.74) is 3.15. The van der Waals surface area contributed by atoms with Crippen molar-refractivity contribution in [3.05, 3.63) is 59.2 Å². The van der Waals surface area contributed by atoms with E-state index in [9.17, 15) is 9.59 Å². The molecule has 2 aromatic rings. The van der Waals surface area contributed by atoms with Gasteiger partial charge in [-0.3, -0.25) is 9.59 Å². The van der Waals surface area contributed by atoms with Gasteiger partial charge in [-0.15, -0.1) is 0 Å². The highest BCUT2D eigenvalue weighted by molar-refractivity contribution is 5.87. The molecule has 0 saturated carbocycles. The molecule has 0 saturated heterocycles. The molecule has 1 N–H and O–H groups in total. The maximum Gasteiger partial charge on any atom is 0.242 e. The van der Waals surface area contributed by atoms with E-state index >= 15 is 0 Å². The number of nitrogens with one attached hydrogen (secondary N) is 1. The molecule has 0 bridgehead atoms. The maximum atomic E-state index is 13.2. The van der Waals surface area contributed by atoms with Gasteiger partial charge in [-0.2, -0.15) is 0 Å². The second-order valence-corrected chi connectivity index (χ2v) is 7.50. The first kappa shape index (κ1) is 21.7. The number of amides is 2. The summed E-state index contributed by atoms with van der Waals surface area (Å²) in [5.74, 6) is 1.27. The van der Waals surface area contributed by atoms with Crippen molar-refractivity contribution in [3.63, 3.8) is 0 Å². The predicted octanol–water partition coefficient (Wildman–Crippen LogP) is 3.25. The quantitative estimate of drug-likeness (QED) is 0.725. The van der Waals surface area contributed by atoms with Crippen LogP contribution < -0.4 is 14.8 Å². The third kappa shape index (κ3) is 5.32. The van der Waals surface area contributed by atoms with Gasteiger partial charge in [0.25, 0.3) is 0 Å². The average molecular weight is 411 g/mol. The molecule has 0 spiro atoms. The number of fused-ring (bicyclic) bond motifs is 1. The van der Waals surface area contributed by atoms with E-state index < -0.39 is 6.04 Å². The van der Waals surface area contributed by atoms with Crippen molar-refractivity contribution >= 4 is 11.8 Å². The molecule has 1 aliphatic heterocycles. The van der Waals surface area contributed by atoms with Crippen LogP contribution in [0.4, 0.5) is 0 Å². The first-order valence-electron chi connectivity index (χ1n) is 10.5. The molecule has 0 unspecified atom stereocenters. The SMILES string of the molecule is CCNC(=O)[C@H](C)N(Cc1ccccc1C)C(=O)CCc1ccc2c(c1)OCCO2. The molecule has 3 rings (SSSR count). The monoisotopic (exact) mass is 410 g/mol. The van der Waals surface area contributed by atoms with Crippen LogP contribution in [-0.2, 0) is 22.6 Å².